The molecule has 0 amide bonds. The third kappa shape index (κ3) is 3.62. The van der Waals surface area contributed by atoms with Gasteiger partial charge in [0.2, 0.25) is 11.8 Å². The Hall–Kier alpha value is -4.67. The summed E-state index contributed by atoms with van der Waals surface area (Å²) < 4.78 is 1.88. The number of nitro groups is 1. The maximum Gasteiger partial charge on any atom is 0.311 e. The van der Waals surface area contributed by atoms with E-state index in [-0.39, 0.29) is 11.5 Å². The Labute approximate surface area is 181 Å². The molecule has 1 aromatic carbocycles. The van der Waals surface area contributed by atoms with Gasteiger partial charge in [-0.05, 0) is 24.3 Å². The molecule has 0 fully saturated rings. The van der Waals surface area contributed by atoms with Crippen molar-refractivity contribution in [3.8, 4) is 11.3 Å². The molecule has 11 nitrogen and oxygen atoms in total. The normalized spacial score (nSPS) is 11.1. The first-order chi connectivity index (χ1) is 15.6. The van der Waals surface area contributed by atoms with Crippen LogP contribution < -0.4 is 16.4 Å². The largest absolute Gasteiger partial charge is 0.378 e. The summed E-state index contributed by atoms with van der Waals surface area (Å²) in [6.45, 7) is 1.03. The van der Waals surface area contributed by atoms with E-state index in [0.717, 1.165) is 27.8 Å². The number of H-pyrrole nitrogens is 1. The molecule has 0 unspecified atom stereocenters. The van der Waals surface area contributed by atoms with E-state index in [0.29, 0.717) is 24.9 Å². The minimum Gasteiger partial charge on any atom is -0.378 e. The molecule has 0 aliphatic heterocycles. The van der Waals surface area contributed by atoms with E-state index in [4.69, 9.17) is 10.7 Å². The van der Waals surface area contributed by atoms with Crippen LogP contribution in [0, 0.1) is 10.1 Å². The number of nitrogens with zero attached hydrogens (tertiary/aromatic N) is 5. The van der Waals surface area contributed by atoms with Crippen molar-refractivity contribution >= 4 is 39.8 Å². The van der Waals surface area contributed by atoms with Gasteiger partial charge in [0.25, 0.3) is 0 Å². The van der Waals surface area contributed by atoms with Crippen molar-refractivity contribution in [3.05, 3.63) is 71.2 Å². The monoisotopic (exact) mass is 429 g/mol. The molecule has 0 saturated heterocycles. The van der Waals surface area contributed by atoms with Crippen LogP contribution in [0.1, 0.15) is 0 Å². The quantitative estimate of drug-likeness (QED) is 0.175. The van der Waals surface area contributed by atoms with Crippen molar-refractivity contribution in [2.75, 3.05) is 29.5 Å². The summed E-state index contributed by atoms with van der Waals surface area (Å²) >= 11 is 0. The van der Waals surface area contributed by atoms with Gasteiger partial charge in [0.1, 0.15) is 11.5 Å². The highest BCUT2D eigenvalue weighted by molar-refractivity contribution is 5.85. The Morgan fingerprint density at radius 3 is 2.81 bits per heavy atom. The summed E-state index contributed by atoms with van der Waals surface area (Å²) in [4.78, 5) is 26.7. The summed E-state index contributed by atoms with van der Waals surface area (Å²) in [5.74, 6) is 0.994. The zero-order valence-electron chi connectivity index (χ0n) is 16.8. The van der Waals surface area contributed by atoms with E-state index in [2.05, 4.69) is 31.7 Å². The van der Waals surface area contributed by atoms with Gasteiger partial charge in [0.15, 0.2) is 0 Å². The number of imidazole rings is 1. The molecule has 11 heteroatoms. The SMILES string of the molecule is Nc1nc(NCCNc2nc(-c3ccc4[nH]ccc4c3)cc3nccn23)ccc1[N+](=O)[O-]. The molecule has 160 valence electrons. The van der Waals surface area contributed by atoms with Gasteiger partial charge >= 0.3 is 5.69 Å². The van der Waals surface area contributed by atoms with Gasteiger partial charge in [0, 0.05) is 60.3 Å². The van der Waals surface area contributed by atoms with Crippen LogP contribution in [0.4, 0.5) is 23.3 Å². The number of hydrogen-bond donors (Lipinski definition) is 4. The highest BCUT2D eigenvalue weighted by Crippen LogP contribution is 2.25. The van der Waals surface area contributed by atoms with E-state index in [1.54, 1.807) is 6.20 Å². The van der Waals surface area contributed by atoms with Crippen molar-refractivity contribution in [1.29, 1.82) is 0 Å². The molecular weight excluding hydrogens is 410 g/mol. The lowest BCUT2D eigenvalue weighted by Crippen LogP contribution is -2.17. The van der Waals surface area contributed by atoms with Gasteiger partial charge in [-0.3, -0.25) is 14.5 Å². The summed E-state index contributed by atoms with van der Waals surface area (Å²) in [6.07, 6.45) is 5.48. The number of nitrogens with one attached hydrogen (secondary N) is 3. The first kappa shape index (κ1) is 19.3. The Bertz CT molecular complexity index is 1440. The fourth-order valence-corrected chi connectivity index (χ4v) is 3.49. The Kier molecular flexibility index (Phi) is 4.75. The Morgan fingerprint density at radius 1 is 1.09 bits per heavy atom. The molecule has 4 heterocycles. The van der Waals surface area contributed by atoms with Crippen LogP contribution in [0.3, 0.4) is 0 Å². The summed E-state index contributed by atoms with van der Waals surface area (Å²) in [5.41, 5.74) is 9.08. The van der Waals surface area contributed by atoms with Crippen LogP contribution in [-0.2, 0) is 0 Å². The topological polar surface area (TPSA) is 152 Å². The van der Waals surface area contributed by atoms with Crippen molar-refractivity contribution in [1.82, 2.24) is 24.3 Å². The first-order valence-corrected chi connectivity index (χ1v) is 9.89. The molecule has 0 aliphatic rings. The van der Waals surface area contributed by atoms with Crippen LogP contribution in [-0.4, -0.2) is 42.3 Å². The number of aromatic nitrogens is 5. The van der Waals surface area contributed by atoms with E-state index in [9.17, 15) is 10.1 Å². The molecule has 0 radical (unpaired) electrons. The highest BCUT2D eigenvalue weighted by atomic mass is 16.6. The number of nitrogens with two attached hydrogens (primary N) is 1. The van der Waals surface area contributed by atoms with Gasteiger partial charge in [0.05, 0.1) is 10.6 Å². The second-order valence-electron chi connectivity index (χ2n) is 7.11. The molecule has 5 N–H and O–H groups in total. The third-order valence-electron chi connectivity index (χ3n) is 5.05. The predicted octanol–water partition coefficient (Wildman–Crippen LogP) is 3.29. The van der Waals surface area contributed by atoms with Crippen LogP contribution in [0.15, 0.2) is 61.1 Å². The summed E-state index contributed by atoms with van der Waals surface area (Å²) in [6, 6.07) is 13.0. The maximum absolute atomic E-state index is 10.9. The summed E-state index contributed by atoms with van der Waals surface area (Å²) in [7, 11) is 0. The molecule has 0 bridgehead atoms. The van der Waals surface area contributed by atoms with Crippen molar-refractivity contribution < 1.29 is 4.92 Å². The lowest BCUT2D eigenvalue weighted by Gasteiger charge is -2.12. The number of benzene rings is 1. The molecule has 4 aromatic heterocycles. The fraction of sp³-hybridized carbons (Fsp3) is 0.0952. The number of hydrogen-bond acceptors (Lipinski definition) is 8. The molecular formula is C21H19N9O2. The molecule has 5 aromatic rings. The van der Waals surface area contributed by atoms with E-state index in [1.165, 1.54) is 12.1 Å². The Balaban J connectivity index is 1.32. The lowest BCUT2D eigenvalue weighted by atomic mass is 10.1. The zero-order valence-corrected chi connectivity index (χ0v) is 16.8. The molecule has 0 spiro atoms. The third-order valence-corrected chi connectivity index (χ3v) is 5.05. The van der Waals surface area contributed by atoms with Gasteiger partial charge in [-0.2, -0.15) is 0 Å². The smallest absolute Gasteiger partial charge is 0.311 e. The minimum absolute atomic E-state index is 0.123. The Morgan fingerprint density at radius 2 is 1.97 bits per heavy atom. The lowest BCUT2D eigenvalue weighted by molar-refractivity contribution is -0.384. The van der Waals surface area contributed by atoms with Crippen molar-refractivity contribution in [3.63, 3.8) is 0 Å². The van der Waals surface area contributed by atoms with Crippen LogP contribution >= 0.6 is 0 Å². The second-order valence-corrected chi connectivity index (χ2v) is 7.11. The zero-order chi connectivity index (χ0) is 22.1. The van der Waals surface area contributed by atoms with Crippen molar-refractivity contribution in [2.45, 2.75) is 0 Å². The second kappa shape index (κ2) is 7.87. The van der Waals surface area contributed by atoms with Crippen LogP contribution in [0.25, 0.3) is 27.8 Å². The molecule has 0 aliphatic carbocycles. The minimum atomic E-state index is -0.559. The molecule has 32 heavy (non-hydrogen) atoms. The number of fused-ring (bicyclic) bond motifs is 2. The predicted molar refractivity (Wildman–Crippen MR) is 123 cm³/mol. The van der Waals surface area contributed by atoms with Gasteiger partial charge < -0.3 is 21.4 Å². The fourth-order valence-electron chi connectivity index (χ4n) is 3.49. The van der Waals surface area contributed by atoms with E-state index >= 15 is 0 Å². The number of nitrogen functional groups attached to an aromatic ring is 1. The molecule has 0 atom stereocenters. The van der Waals surface area contributed by atoms with Crippen LogP contribution in [0.5, 0.6) is 0 Å². The average Bonchev–Trinajstić information content (AvgIpc) is 3.45. The number of anilines is 3. The summed E-state index contributed by atoms with van der Waals surface area (Å²) in [5, 5.41) is 18.4. The molecule has 0 saturated carbocycles. The van der Waals surface area contributed by atoms with Crippen molar-refractivity contribution in [2.24, 2.45) is 0 Å². The van der Waals surface area contributed by atoms with E-state index in [1.807, 2.05) is 41.1 Å². The number of aromatic amines is 1. The maximum atomic E-state index is 10.9. The first-order valence-electron chi connectivity index (χ1n) is 9.89. The highest BCUT2D eigenvalue weighted by Gasteiger charge is 2.13. The average molecular weight is 429 g/mol. The standard InChI is InChI=1S/C21H19N9O2/c22-20-17(30(31)32)3-4-18(28-20)24-7-8-26-21-27-16(12-19-25-9-10-29(19)21)13-1-2-15-14(11-13)5-6-23-15/h1-6,9-12,23H,7-8H2,(H,26,27)(H3,22,24,28). The van der Waals surface area contributed by atoms with Gasteiger partial charge in [-0.15, -0.1) is 0 Å². The van der Waals surface area contributed by atoms with Crippen LogP contribution in [0.2, 0.25) is 0 Å². The van der Waals surface area contributed by atoms with E-state index < -0.39 is 4.92 Å². The van der Waals surface area contributed by atoms with Gasteiger partial charge in [-0.25, -0.2) is 15.0 Å². The number of pyridine rings is 1. The van der Waals surface area contributed by atoms with Gasteiger partial charge in [-0.1, -0.05) is 6.07 Å². The number of rotatable bonds is 7. The molecule has 5 rings (SSSR count).